The predicted molar refractivity (Wildman–Crippen MR) is 93.3 cm³/mol. The zero-order valence-corrected chi connectivity index (χ0v) is 14.9. The highest BCUT2D eigenvalue weighted by Crippen LogP contribution is 2.20. The number of aryl methyl sites for hydroxylation is 1. The van der Waals surface area contributed by atoms with Crippen molar-refractivity contribution in [2.24, 2.45) is 0 Å². The number of nitrogens with one attached hydrogen (secondary N) is 1. The lowest BCUT2D eigenvalue weighted by Crippen LogP contribution is -2.45. The van der Waals surface area contributed by atoms with E-state index in [0.717, 1.165) is 11.3 Å². The number of carboxylic acids is 1. The van der Waals surface area contributed by atoms with Gasteiger partial charge in [0.05, 0.1) is 7.11 Å². The Balaban J connectivity index is 2.10. The maximum absolute atomic E-state index is 12.4. The van der Waals surface area contributed by atoms with Gasteiger partial charge in [0, 0.05) is 18.0 Å². The van der Waals surface area contributed by atoms with Crippen LogP contribution in [0.1, 0.15) is 53.0 Å². The highest BCUT2D eigenvalue weighted by Gasteiger charge is 2.26. The van der Waals surface area contributed by atoms with Crippen LogP contribution < -0.4 is 10.1 Å². The normalized spacial score (nSPS) is 11.2. The van der Waals surface area contributed by atoms with Gasteiger partial charge in [0.15, 0.2) is 5.76 Å². The van der Waals surface area contributed by atoms with Crippen molar-refractivity contribution >= 4 is 11.9 Å². The molecule has 0 atom stereocenters. The number of rotatable bonds is 7. The third-order valence-electron chi connectivity index (χ3n) is 3.84. The number of benzene rings is 1. The SMILES string of the molecule is CCc1oc(C(=O)NC(C)(C)Cc2ccc(OC)cc2)cc1C(=O)O. The van der Waals surface area contributed by atoms with Crippen LogP contribution in [-0.2, 0) is 12.8 Å². The molecule has 0 aliphatic carbocycles. The first kappa shape index (κ1) is 18.6. The fourth-order valence-electron chi connectivity index (χ4n) is 2.65. The molecule has 6 nitrogen and oxygen atoms in total. The molecule has 2 rings (SSSR count). The molecular weight excluding hydrogens is 322 g/mol. The minimum atomic E-state index is -1.10. The highest BCUT2D eigenvalue weighted by molar-refractivity contribution is 5.96. The number of hydrogen-bond donors (Lipinski definition) is 2. The molecule has 0 saturated heterocycles. The Bertz CT molecular complexity index is 759. The van der Waals surface area contributed by atoms with E-state index >= 15 is 0 Å². The van der Waals surface area contributed by atoms with Crippen molar-refractivity contribution in [3.63, 3.8) is 0 Å². The standard InChI is InChI=1S/C19H23NO5/c1-5-15-14(18(22)23)10-16(25-15)17(21)20-19(2,3)11-12-6-8-13(24-4)9-7-12/h6-10H,5,11H2,1-4H3,(H,20,21)(H,22,23). The van der Waals surface area contributed by atoms with Crippen LogP contribution in [0.4, 0.5) is 0 Å². The molecule has 2 aromatic rings. The molecule has 0 spiro atoms. The molecule has 1 heterocycles. The zero-order valence-electron chi connectivity index (χ0n) is 14.9. The molecule has 6 heteroatoms. The van der Waals surface area contributed by atoms with Crippen LogP contribution >= 0.6 is 0 Å². The van der Waals surface area contributed by atoms with Gasteiger partial charge in [-0.3, -0.25) is 4.79 Å². The van der Waals surface area contributed by atoms with Gasteiger partial charge in [0.1, 0.15) is 17.1 Å². The first-order valence-corrected chi connectivity index (χ1v) is 8.07. The van der Waals surface area contributed by atoms with Gasteiger partial charge in [-0.25, -0.2) is 4.79 Å². The summed E-state index contributed by atoms with van der Waals surface area (Å²) >= 11 is 0. The Labute approximate surface area is 146 Å². The van der Waals surface area contributed by atoms with Crippen LogP contribution in [0, 0.1) is 0 Å². The lowest BCUT2D eigenvalue weighted by Gasteiger charge is -2.26. The summed E-state index contributed by atoms with van der Waals surface area (Å²) in [5.74, 6) is -0.449. The van der Waals surface area contributed by atoms with Crippen molar-refractivity contribution in [3.8, 4) is 5.75 Å². The average molecular weight is 345 g/mol. The van der Waals surface area contributed by atoms with E-state index in [1.165, 1.54) is 6.07 Å². The maximum Gasteiger partial charge on any atom is 0.339 e. The Kier molecular flexibility index (Phi) is 5.51. The number of carbonyl (C=O) groups is 2. The minimum Gasteiger partial charge on any atom is -0.497 e. The average Bonchev–Trinajstić information content (AvgIpc) is 2.99. The van der Waals surface area contributed by atoms with Crippen molar-refractivity contribution in [3.05, 3.63) is 53.0 Å². The summed E-state index contributed by atoms with van der Waals surface area (Å²) in [4.78, 5) is 23.6. The molecule has 2 N–H and O–H groups in total. The summed E-state index contributed by atoms with van der Waals surface area (Å²) in [5, 5.41) is 12.1. The van der Waals surface area contributed by atoms with Crippen molar-refractivity contribution in [1.82, 2.24) is 5.32 Å². The molecule has 1 aromatic heterocycles. The maximum atomic E-state index is 12.4. The lowest BCUT2D eigenvalue weighted by molar-refractivity contribution is 0.0694. The molecule has 0 radical (unpaired) electrons. The van der Waals surface area contributed by atoms with Gasteiger partial charge < -0.3 is 19.6 Å². The third kappa shape index (κ3) is 4.62. The Morgan fingerprint density at radius 1 is 1.24 bits per heavy atom. The van der Waals surface area contributed by atoms with Crippen molar-refractivity contribution in [1.29, 1.82) is 0 Å². The summed E-state index contributed by atoms with van der Waals surface area (Å²) in [6, 6.07) is 8.90. The molecule has 25 heavy (non-hydrogen) atoms. The van der Waals surface area contributed by atoms with E-state index in [4.69, 9.17) is 14.3 Å². The molecule has 0 aliphatic rings. The van der Waals surface area contributed by atoms with Crippen molar-refractivity contribution < 1.29 is 23.8 Å². The van der Waals surface area contributed by atoms with Gasteiger partial charge in [-0.15, -0.1) is 0 Å². The number of aromatic carboxylic acids is 1. The third-order valence-corrected chi connectivity index (χ3v) is 3.84. The summed E-state index contributed by atoms with van der Waals surface area (Å²) in [5.41, 5.74) is 0.542. The summed E-state index contributed by atoms with van der Waals surface area (Å²) in [6.45, 7) is 5.58. The molecule has 0 fully saturated rings. The van der Waals surface area contributed by atoms with Crippen LogP contribution in [0.2, 0.25) is 0 Å². The minimum absolute atomic E-state index is 0.0112. The lowest BCUT2D eigenvalue weighted by atomic mass is 9.94. The molecule has 0 unspecified atom stereocenters. The van der Waals surface area contributed by atoms with Crippen LogP contribution in [0.25, 0.3) is 0 Å². The molecule has 1 amide bonds. The van der Waals surface area contributed by atoms with Gasteiger partial charge in [-0.2, -0.15) is 0 Å². The van der Waals surface area contributed by atoms with E-state index in [2.05, 4.69) is 5.32 Å². The predicted octanol–water partition coefficient (Wildman–Crippen LogP) is 3.30. The van der Waals surface area contributed by atoms with E-state index in [9.17, 15) is 9.59 Å². The number of hydrogen-bond acceptors (Lipinski definition) is 4. The van der Waals surface area contributed by atoms with Gasteiger partial charge in [0.2, 0.25) is 0 Å². The second-order valence-electron chi connectivity index (χ2n) is 6.47. The van der Waals surface area contributed by atoms with Crippen molar-refractivity contribution in [2.45, 2.75) is 39.2 Å². The zero-order chi connectivity index (χ0) is 18.6. The van der Waals surface area contributed by atoms with E-state index in [1.54, 1.807) is 14.0 Å². The first-order valence-electron chi connectivity index (χ1n) is 8.07. The summed E-state index contributed by atoms with van der Waals surface area (Å²) < 4.78 is 10.5. The topological polar surface area (TPSA) is 88.8 Å². The van der Waals surface area contributed by atoms with Crippen molar-refractivity contribution in [2.75, 3.05) is 7.11 Å². The quantitative estimate of drug-likeness (QED) is 0.804. The number of amides is 1. The van der Waals surface area contributed by atoms with E-state index < -0.39 is 17.4 Å². The Morgan fingerprint density at radius 2 is 1.88 bits per heavy atom. The number of methoxy groups -OCH3 is 1. The van der Waals surface area contributed by atoms with Crippen LogP contribution in [-0.4, -0.2) is 29.6 Å². The molecule has 0 aliphatic heterocycles. The highest BCUT2D eigenvalue weighted by atomic mass is 16.5. The first-order chi connectivity index (χ1) is 11.8. The molecule has 134 valence electrons. The number of carboxylic acid groups (broad SMARTS) is 1. The van der Waals surface area contributed by atoms with E-state index in [1.807, 2.05) is 38.1 Å². The molecule has 0 saturated carbocycles. The molecular formula is C19H23NO5. The largest absolute Gasteiger partial charge is 0.497 e. The summed E-state index contributed by atoms with van der Waals surface area (Å²) in [7, 11) is 1.61. The van der Waals surface area contributed by atoms with Gasteiger partial charge >= 0.3 is 5.97 Å². The monoisotopic (exact) mass is 345 g/mol. The number of carbonyl (C=O) groups excluding carboxylic acids is 1. The second kappa shape index (κ2) is 7.42. The van der Waals surface area contributed by atoms with Gasteiger partial charge in [-0.05, 0) is 38.0 Å². The van der Waals surface area contributed by atoms with E-state index in [-0.39, 0.29) is 11.3 Å². The van der Waals surface area contributed by atoms with E-state index in [0.29, 0.717) is 18.6 Å². The Hall–Kier alpha value is -2.76. The summed E-state index contributed by atoms with van der Waals surface area (Å²) in [6.07, 6.45) is 1.01. The van der Waals surface area contributed by atoms with Crippen LogP contribution in [0.3, 0.4) is 0 Å². The van der Waals surface area contributed by atoms with Crippen LogP contribution in [0.5, 0.6) is 5.75 Å². The smallest absolute Gasteiger partial charge is 0.339 e. The van der Waals surface area contributed by atoms with Gasteiger partial charge in [-0.1, -0.05) is 19.1 Å². The molecule has 0 bridgehead atoms. The fourth-order valence-corrected chi connectivity index (χ4v) is 2.65. The second-order valence-corrected chi connectivity index (χ2v) is 6.47. The van der Waals surface area contributed by atoms with Crippen LogP contribution in [0.15, 0.2) is 34.7 Å². The number of furan rings is 1. The van der Waals surface area contributed by atoms with Gasteiger partial charge in [0.25, 0.3) is 5.91 Å². The fraction of sp³-hybridized carbons (Fsp3) is 0.368. The Morgan fingerprint density at radius 3 is 2.36 bits per heavy atom. The molecule has 1 aromatic carbocycles. The number of ether oxygens (including phenoxy) is 1.